The van der Waals surface area contributed by atoms with E-state index in [1.165, 1.54) is 11.3 Å². The van der Waals surface area contributed by atoms with Crippen molar-refractivity contribution < 1.29 is 0 Å². The van der Waals surface area contributed by atoms with Gasteiger partial charge in [0.2, 0.25) is 0 Å². The number of rotatable bonds is 3. The van der Waals surface area contributed by atoms with Crippen molar-refractivity contribution in [3.05, 3.63) is 145 Å². The van der Waals surface area contributed by atoms with Crippen LogP contribution in [-0.4, -0.2) is 30.1 Å². The summed E-state index contributed by atoms with van der Waals surface area (Å²) in [5, 5.41) is 1.14. The molecule has 2 aromatic carbocycles. The molecule has 0 fully saturated rings. The maximum Gasteiger partial charge on any atom is 0.0963 e. The molecule has 3 atom stereocenters. The molecule has 5 aromatic heterocycles. The molecule has 0 radical (unpaired) electrons. The van der Waals surface area contributed by atoms with E-state index < -0.39 is 0 Å². The zero-order valence-electron chi connectivity index (χ0n) is 26.2. The molecule has 0 saturated heterocycles. The van der Waals surface area contributed by atoms with Crippen LogP contribution >= 0.6 is 0 Å². The molecule has 1 aliphatic heterocycles. The van der Waals surface area contributed by atoms with Crippen molar-refractivity contribution in [2.24, 2.45) is 5.92 Å². The summed E-state index contributed by atoms with van der Waals surface area (Å²) in [6, 6.07) is 28.4. The maximum absolute atomic E-state index is 4.96. The minimum absolute atomic E-state index is 0.0815. The fraction of sp³-hybridized carbons (Fsp3) is 0.146. The molecule has 3 unspecified atom stereocenters. The molecule has 0 spiro atoms. The molecule has 226 valence electrons. The number of benzene rings is 2. The highest BCUT2D eigenvalue weighted by Crippen LogP contribution is 2.51. The van der Waals surface area contributed by atoms with E-state index in [1.54, 1.807) is 0 Å². The van der Waals surface area contributed by atoms with E-state index >= 15 is 0 Å². The number of para-hydroxylation sites is 1. The van der Waals surface area contributed by atoms with Crippen molar-refractivity contribution in [2.45, 2.75) is 31.7 Å². The molecule has 7 aromatic rings. The number of aromatic nitrogens is 5. The van der Waals surface area contributed by atoms with Crippen molar-refractivity contribution >= 4 is 50.4 Å². The molecular weight excluding hydrogens is 576 g/mol. The number of anilines is 2. The summed E-state index contributed by atoms with van der Waals surface area (Å²) < 4.78 is 4.78. The zero-order chi connectivity index (χ0) is 31.3. The third kappa shape index (κ3) is 3.64. The standard InChI is InChI=1S/C41H32N6/c1-26-16-17-33-31(22-26)39-35(13-8-20-43-39)46(33)28-23-27(45-32-11-4-3-10-30(32)38-34(45)12-7-19-42-38)24-29(25-28)47-36-14-9-21-44-40(36)41(2)18-6-5-15-37(41)47/h3-21,23-26,37H,22H2,1-2H3. The van der Waals surface area contributed by atoms with Crippen molar-refractivity contribution in [1.29, 1.82) is 0 Å². The molecule has 2 aliphatic carbocycles. The number of hydrogen-bond acceptors (Lipinski definition) is 4. The molecular formula is C41H32N6. The normalized spacial score (nSPS) is 21.1. The molecule has 0 amide bonds. The first-order chi connectivity index (χ1) is 23.1. The first-order valence-electron chi connectivity index (χ1n) is 16.4. The Bertz CT molecular complexity index is 2460. The van der Waals surface area contributed by atoms with Crippen LogP contribution < -0.4 is 4.90 Å². The first-order valence-corrected chi connectivity index (χ1v) is 16.4. The lowest BCUT2D eigenvalue weighted by Gasteiger charge is -2.34. The van der Waals surface area contributed by atoms with Gasteiger partial charge in [0.1, 0.15) is 0 Å². The highest BCUT2D eigenvalue weighted by molar-refractivity contribution is 6.07. The smallest absolute Gasteiger partial charge is 0.0963 e. The SMILES string of the molecule is CC1C=Cc2c(c3ncccc3n2-c2cc(N3c4cccnc4C4(C)C=CC=CC34)cc(-n3c4ccccc4c4ncccc43)c2)C1. The maximum atomic E-state index is 4.96. The summed E-state index contributed by atoms with van der Waals surface area (Å²) in [7, 11) is 0. The van der Waals surface area contributed by atoms with Gasteiger partial charge in [-0.05, 0) is 86.0 Å². The van der Waals surface area contributed by atoms with Crippen molar-refractivity contribution in [3.63, 3.8) is 0 Å². The Balaban J connectivity index is 1.31. The van der Waals surface area contributed by atoms with Crippen LogP contribution in [0, 0.1) is 5.92 Å². The topological polar surface area (TPSA) is 51.8 Å². The van der Waals surface area contributed by atoms with E-state index in [1.807, 2.05) is 30.7 Å². The van der Waals surface area contributed by atoms with E-state index in [0.29, 0.717) is 5.92 Å². The van der Waals surface area contributed by atoms with Crippen LogP contribution in [0.4, 0.5) is 11.4 Å². The molecule has 0 N–H and O–H groups in total. The van der Waals surface area contributed by atoms with Gasteiger partial charge in [-0.25, -0.2) is 0 Å². The summed E-state index contributed by atoms with van der Waals surface area (Å²) >= 11 is 0. The number of nitrogens with zero attached hydrogens (tertiary/aromatic N) is 6. The van der Waals surface area contributed by atoms with Gasteiger partial charge in [0.05, 0.1) is 67.5 Å². The summed E-state index contributed by atoms with van der Waals surface area (Å²) in [5.41, 5.74) is 13.2. The molecule has 47 heavy (non-hydrogen) atoms. The molecule has 0 bridgehead atoms. The van der Waals surface area contributed by atoms with Crippen LogP contribution in [0.2, 0.25) is 0 Å². The fourth-order valence-electron chi connectivity index (χ4n) is 8.29. The summed E-state index contributed by atoms with van der Waals surface area (Å²) in [4.78, 5) is 17.2. The van der Waals surface area contributed by atoms with Gasteiger partial charge in [-0.15, -0.1) is 0 Å². The molecule has 3 aliphatic rings. The van der Waals surface area contributed by atoms with Gasteiger partial charge >= 0.3 is 0 Å². The second-order valence-corrected chi connectivity index (χ2v) is 13.3. The van der Waals surface area contributed by atoms with E-state index in [4.69, 9.17) is 15.0 Å². The zero-order valence-corrected chi connectivity index (χ0v) is 26.2. The minimum Gasteiger partial charge on any atom is -0.332 e. The number of fused-ring (bicyclic) bond motifs is 9. The Hall–Kier alpha value is -5.75. The highest BCUT2D eigenvalue weighted by atomic mass is 15.2. The third-order valence-electron chi connectivity index (χ3n) is 10.4. The molecule has 0 saturated carbocycles. The van der Waals surface area contributed by atoms with Gasteiger partial charge in [-0.3, -0.25) is 15.0 Å². The first kappa shape index (κ1) is 26.5. The Morgan fingerprint density at radius 2 is 1.40 bits per heavy atom. The Morgan fingerprint density at radius 1 is 0.702 bits per heavy atom. The van der Waals surface area contributed by atoms with Gasteiger partial charge in [-0.2, -0.15) is 0 Å². The second kappa shape index (κ2) is 9.63. The highest BCUT2D eigenvalue weighted by Gasteiger charge is 2.47. The van der Waals surface area contributed by atoms with Crippen LogP contribution in [0.25, 0.3) is 50.4 Å². The van der Waals surface area contributed by atoms with Crippen LogP contribution in [0.5, 0.6) is 0 Å². The van der Waals surface area contributed by atoms with Crippen LogP contribution in [0.1, 0.15) is 30.8 Å². The predicted octanol–water partition coefficient (Wildman–Crippen LogP) is 9.02. The van der Waals surface area contributed by atoms with E-state index in [-0.39, 0.29) is 11.5 Å². The largest absolute Gasteiger partial charge is 0.332 e. The monoisotopic (exact) mass is 608 g/mol. The van der Waals surface area contributed by atoms with Gasteiger partial charge in [0.15, 0.2) is 0 Å². The second-order valence-electron chi connectivity index (χ2n) is 13.3. The van der Waals surface area contributed by atoms with Crippen LogP contribution in [0.15, 0.2) is 128 Å². The van der Waals surface area contributed by atoms with Gasteiger partial charge in [0.25, 0.3) is 0 Å². The molecule has 6 heterocycles. The van der Waals surface area contributed by atoms with E-state index in [2.05, 4.69) is 131 Å². The average molecular weight is 609 g/mol. The van der Waals surface area contributed by atoms with E-state index in [9.17, 15) is 0 Å². The van der Waals surface area contributed by atoms with Crippen LogP contribution in [0.3, 0.4) is 0 Å². The van der Waals surface area contributed by atoms with E-state index in [0.717, 1.165) is 67.8 Å². The van der Waals surface area contributed by atoms with Gasteiger partial charge in [0, 0.05) is 35.2 Å². The van der Waals surface area contributed by atoms with Crippen molar-refractivity contribution in [3.8, 4) is 11.4 Å². The quantitative estimate of drug-likeness (QED) is 0.201. The van der Waals surface area contributed by atoms with Crippen LogP contribution in [-0.2, 0) is 11.8 Å². The number of allylic oxidation sites excluding steroid dienone is 3. The number of hydrogen-bond donors (Lipinski definition) is 0. The molecule has 6 heteroatoms. The minimum atomic E-state index is -0.250. The Kier molecular flexibility index (Phi) is 5.42. The average Bonchev–Trinajstić information content (AvgIpc) is 3.71. The van der Waals surface area contributed by atoms with Crippen molar-refractivity contribution in [1.82, 2.24) is 24.1 Å². The summed E-state index contributed by atoms with van der Waals surface area (Å²) in [6.45, 7) is 4.59. The Morgan fingerprint density at radius 3 is 2.28 bits per heavy atom. The van der Waals surface area contributed by atoms with Gasteiger partial charge in [-0.1, -0.05) is 55.5 Å². The molecule has 6 nitrogen and oxygen atoms in total. The lowest BCUT2D eigenvalue weighted by atomic mass is 9.78. The van der Waals surface area contributed by atoms with Gasteiger partial charge < -0.3 is 14.0 Å². The van der Waals surface area contributed by atoms with Crippen molar-refractivity contribution in [2.75, 3.05) is 4.90 Å². The summed E-state index contributed by atoms with van der Waals surface area (Å²) in [5.74, 6) is 0.466. The number of pyridine rings is 3. The lowest BCUT2D eigenvalue weighted by Crippen LogP contribution is -2.39. The summed E-state index contributed by atoms with van der Waals surface area (Å²) in [6.07, 6.45) is 20.3. The fourth-order valence-corrected chi connectivity index (χ4v) is 8.29. The lowest BCUT2D eigenvalue weighted by molar-refractivity contribution is 0.538. The third-order valence-corrected chi connectivity index (χ3v) is 10.4. The predicted molar refractivity (Wildman–Crippen MR) is 191 cm³/mol. The Labute approximate surface area is 272 Å². The molecule has 10 rings (SSSR count).